The van der Waals surface area contributed by atoms with Crippen LogP contribution in [0.2, 0.25) is 0 Å². The Hall–Kier alpha value is -2.07. The molecule has 0 bridgehead atoms. The van der Waals surface area contributed by atoms with Gasteiger partial charge >= 0.3 is 0 Å². The van der Waals surface area contributed by atoms with Crippen LogP contribution in [-0.4, -0.2) is 30.6 Å². The first-order valence-corrected chi connectivity index (χ1v) is 6.43. The van der Waals surface area contributed by atoms with Crippen LogP contribution in [0.3, 0.4) is 0 Å². The first-order valence-electron chi connectivity index (χ1n) is 6.43. The first-order chi connectivity index (χ1) is 9.24. The highest BCUT2D eigenvalue weighted by molar-refractivity contribution is 6.09. The van der Waals surface area contributed by atoms with Gasteiger partial charge in [0.05, 0.1) is 5.56 Å². The van der Waals surface area contributed by atoms with E-state index in [4.69, 9.17) is 0 Å². The maximum absolute atomic E-state index is 12.1. The standard InChI is InChI=1S/C15H18N2O2/c1-2-16-9-10-17-15(19)12-7-3-5-11-6-4-8-13(18)14(11)12/h3-8,16,18H,2,9-10H2,1H3,(H,17,19). The van der Waals surface area contributed by atoms with Gasteiger partial charge in [-0.2, -0.15) is 0 Å². The molecule has 0 spiro atoms. The Labute approximate surface area is 112 Å². The largest absolute Gasteiger partial charge is 0.507 e. The fraction of sp³-hybridized carbons (Fsp3) is 0.267. The van der Waals surface area contributed by atoms with Crippen LogP contribution in [0.1, 0.15) is 17.3 Å². The molecule has 2 rings (SSSR count). The molecule has 0 radical (unpaired) electrons. The Morgan fingerprint density at radius 3 is 2.63 bits per heavy atom. The van der Waals surface area contributed by atoms with Crippen molar-refractivity contribution in [3.05, 3.63) is 42.0 Å². The summed E-state index contributed by atoms with van der Waals surface area (Å²) in [6, 6.07) is 10.7. The lowest BCUT2D eigenvalue weighted by Crippen LogP contribution is -2.31. The lowest BCUT2D eigenvalue weighted by Gasteiger charge is -2.09. The average molecular weight is 258 g/mol. The monoisotopic (exact) mass is 258 g/mol. The topological polar surface area (TPSA) is 61.4 Å². The average Bonchev–Trinajstić information content (AvgIpc) is 2.43. The maximum Gasteiger partial charge on any atom is 0.252 e. The molecule has 0 atom stereocenters. The Morgan fingerprint density at radius 1 is 1.16 bits per heavy atom. The van der Waals surface area contributed by atoms with Crippen LogP contribution >= 0.6 is 0 Å². The lowest BCUT2D eigenvalue weighted by molar-refractivity contribution is 0.0955. The molecule has 0 saturated heterocycles. The minimum atomic E-state index is -0.162. The molecule has 4 nitrogen and oxygen atoms in total. The zero-order valence-corrected chi connectivity index (χ0v) is 10.9. The van der Waals surface area contributed by atoms with Crippen LogP contribution in [0.25, 0.3) is 10.8 Å². The van der Waals surface area contributed by atoms with Crippen LogP contribution in [0, 0.1) is 0 Å². The first kappa shape index (κ1) is 13.4. The maximum atomic E-state index is 12.1. The van der Waals surface area contributed by atoms with Crippen molar-refractivity contribution in [1.82, 2.24) is 10.6 Å². The summed E-state index contributed by atoms with van der Waals surface area (Å²) in [5, 5.41) is 17.4. The number of phenols is 1. The number of fused-ring (bicyclic) bond motifs is 1. The number of rotatable bonds is 5. The van der Waals surface area contributed by atoms with Gasteiger partial charge in [0.2, 0.25) is 0 Å². The van der Waals surface area contributed by atoms with Crippen molar-refractivity contribution in [2.24, 2.45) is 0 Å². The molecule has 0 aliphatic heterocycles. The van der Waals surface area contributed by atoms with Crippen molar-refractivity contribution in [3.63, 3.8) is 0 Å². The summed E-state index contributed by atoms with van der Waals surface area (Å²) >= 11 is 0. The molecule has 0 unspecified atom stereocenters. The number of phenolic OH excluding ortho intramolecular Hbond substituents is 1. The van der Waals surface area contributed by atoms with Crippen LogP contribution in [0.15, 0.2) is 36.4 Å². The van der Waals surface area contributed by atoms with Gasteiger partial charge in [0.25, 0.3) is 5.91 Å². The van der Waals surface area contributed by atoms with Gasteiger partial charge in [-0.25, -0.2) is 0 Å². The Morgan fingerprint density at radius 2 is 1.89 bits per heavy atom. The summed E-state index contributed by atoms with van der Waals surface area (Å²) in [4.78, 5) is 12.1. The van der Waals surface area contributed by atoms with Crippen molar-refractivity contribution >= 4 is 16.7 Å². The Kier molecular flexibility index (Phi) is 4.36. The van der Waals surface area contributed by atoms with Crippen LogP contribution in [0.5, 0.6) is 5.75 Å². The van der Waals surface area contributed by atoms with Crippen molar-refractivity contribution in [2.45, 2.75) is 6.92 Å². The van der Waals surface area contributed by atoms with Crippen LogP contribution in [-0.2, 0) is 0 Å². The van der Waals surface area contributed by atoms with Gasteiger partial charge in [0, 0.05) is 18.5 Å². The number of carbonyl (C=O) groups excluding carboxylic acids is 1. The predicted octanol–water partition coefficient (Wildman–Crippen LogP) is 1.88. The Balaban J connectivity index is 2.22. The fourth-order valence-corrected chi connectivity index (χ4v) is 2.05. The number of nitrogens with one attached hydrogen (secondary N) is 2. The summed E-state index contributed by atoms with van der Waals surface area (Å²) in [6.45, 7) is 4.20. The molecule has 0 aromatic heterocycles. The molecule has 1 amide bonds. The second-order valence-corrected chi connectivity index (χ2v) is 4.29. The summed E-state index contributed by atoms with van der Waals surface area (Å²) < 4.78 is 0. The van der Waals surface area contributed by atoms with Crippen LogP contribution < -0.4 is 10.6 Å². The normalized spacial score (nSPS) is 10.6. The smallest absolute Gasteiger partial charge is 0.252 e. The highest BCUT2D eigenvalue weighted by Gasteiger charge is 2.11. The molecular weight excluding hydrogens is 240 g/mol. The summed E-state index contributed by atoms with van der Waals surface area (Å²) in [5.41, 5.74) is 0.507. The van der Waals surface area contributed by atoms with E-state index in [1.54, 1.807) is 18.2 Å². The number of amides is 1. The van der Waals surface area contributed by atoms with E-state index >= 15 is 0 Å². The highest BCUT2D eigenvalue weighted by atomic mass is 16.3. The number of hydrogen-bond donors (Lipinski definition) is 3. The minimum absolute atomic E-state index is 0.134. The Bertz CT molecular complexity index is 576. The second kappa shape index (κ2) is 6.20. The number of aromatic hydroxyl groups is 1. The highest BCUT2D eigenvalue weighted by Crippen LogP contribution is 2.27. The van der Waals surface area contributed by atoms with E-state index in [1.165, 1.54) is 0 Å². The molecule has 0 heterocycles. The summed E-state index contributed by atoms with van der Waals surface area (Å²) in [6.07, 6.45) is 0. The van der Waals surface area contributed by atoms with E-state index in [9.17, 15) is 9.90 Å². The molecule has 0 saturated carbocycles. The van der Waals surface area contributed by atoms with Crippen molar-refractivity contribution in [2.75, 3.05) is 19.6 Å². The molecule has 100 valence electrons. The van der Waals surface area contributed by atoms with Crippen molar-refractivity contribution < 1.29 is 9.90 Å². The van der Waals surface area contributed by atoms with Gasteiger partial charge in [-0.15, -0.1) is 0 Å². The molecule has 3 N–H and O–H groups in total. The van der Waals surface area contributed by atoms with Gasteiger partial charge in [-0.05, 0) is 24.1 Å². The van der Waals surface area contributed by atoms with E-state index in [0.29, 0.717) is 17.5 Å². The number of hydrogen-bond acceptors (Lipinski definition) is 3. The predicted molar refractivity (Wildman–Crippen MR) is 76.5 cm³/mol. The third-order valence-corrected chi connectivity index (χ3v) is 2.96. The molecule has 2 aromatic rings. The molecule has 19 heavy (non-hydrogen) atoms. The lowest BCUT2D eigenvalue weighted by atomic mass is 10.0. The van der Waals surface area contributed by atoms with Crippen molar-refractivity contribution in [3.8, 4) is 5.75 Å². The van der Waals surface area contributed by atoms with E-state index in [2.05, 4.69) is 10.6 Å². The number of likely N-dealkylation sites (N-methyl/N-ethyl adjacent to an activating group) is 1. The third-order valence-electron chi connectivity index (χ3n) is 2.96. The molecule has 4 heteroatoms. The van der Waals surface area contributed by atoms with Gasteiger partial charge in [-0.3, -0.25) is 4.79 Å². The van der Waals surface area contributed by atoms with Gasteiger partial charge in [0.15, 0.2) is 0 Å². The SMILES string of the molecule is CCNCCNC(=O)c1cccc2cccc(O)c12. The van der Waals surface area contributed by atoms with Crippen molar-refractivity contribution in [1.29, 1.82) is 0 Å². The molecule has 0 fully saturated rings. The van der Waals surface area contributed by atoms with Crippen LogP contribution in [0.4, 0.5) is 0 Å². The number of benzene rings is 2. The quantitative estimate of drug-likeness (QED) is 0.718. The van der Waals surface area contributed by atoms with Gasteiger partial charge < -0.3 is 15.7 Å². The fourth-order valence-electron chi connectivity index (χ4n) is 2.05. The summed E-state index contributed by atoms with van der Waals surface area (Å²) in [7, 11) is 0. The molecule has 0 aliphatic rings. The van der Waals surface area contributed by atoms with Gasteiger partial charge in [-0.1, -0.05) is 31.2 Å². The van der Waals surface area contributed by atoms with E-state index < -0.39 is 0 Å². The zero-order valence-electron chi connectivity index (χ0n) is 10.9. The zero-order chi connectivity index (χ0) is 13.7. The van der Waals surface area contributed by atoms with E-state index in [-0.39, 0.29) is 11.7 Å². The van der Waals surface area contributed by atoms with E-state index in [0.717, 1.165) is 18.5 Å². The third kappa shape index (κ3) is 3.03. The minimum Gasteiger partial charge on any atom is -0.507 e. The molecule has 2 aromatic carbocycles. The molecular formula is C15H18N2O2. The molecule has 0 aliphatic carbocycles. The summed E-state index contributed by atoms with van der Waals surface area (Å²) in [5.74, 6) is -0.0278. The number of carbonyl (C=O) groups is 1. The van der Waals surface area contributed by atoms with Gasteiger partial charge in [0.1, 0.15) is 5.75 Å². The van der Waals surface area contributed by atoms with E-state index in [1.807, 2.05) is 25.1 Å². The second-order valence-electron chi connectivity index (χ2n) is 4.29.